The van der Waals surface area contributed by atoms with Crippen LogP contribution in [0.5, 0.6) is 0 Å². The third-order valence-electron chi connectivity index (χ3n) is 1.10. The molecule has 0 atom stereocenters. The normalized spacial score (nSPS) is 8.91. The number of carbonyl (C=O) groups excluding carboxylic acids is 2. The van der Waals surface area contributed by atoms with E-state index in [4.69, 9.17) is 0 Å². The average molecular weight is 160 g/mol. The largest absolute Gasteiger partial charge is 0.515 e. The van der Waals surface area contributed by atoms with E-state index in [1.54, 1.807) is 0 Å². The zero-order valence-electron chi connectivity index (χ0n) is 6.75. The van der Waals surface area contributed by atoms with E-state index in [0.29, 0.717) is 0 Å². The van der Waals surface area contributed by atoms with Crippen molar-refractivity contribution in [1.29, 1.82) is 0 Å². The second kappa shape index (κ2) is 5.70. The Kier molecular flexibility index (Phi) is 5.15. The number of rotatable bonds is 3. The molecule has 0 aliphatic heterocycles. The lowest BCUT2D eigenvalue weighted by atomic mass is 10.3. The van der Waals surface area contributed by atoms with Gasteiger partial charge in [-0.1, -0.05) is 13.3 Å². The van der Waals surface area contributed by atoms with Crippen LogP contribution in [0, 0.1) is 0 Å². The minimum absolute atomic E-state index is 0.269. The fourth-order valence-corrected chi connectivity index (χ4v) is 0.507. The molecular formula is C7H12O4. The number of hydrogen-bond donors (Lipinski definition) is 0. The maximum atomic E-state index is 10.6. The Morgan fingerprint density at radius 2 is 2.00 bits per heavy atom. The summed E-state index contributed by atoms with van der Waals surface area (Å²) in [5, 5.41) is 0. The molecule has 64 valence electrons. The Morgan fingerprint density at radius 1 is 1.36 bits per heavy atom. The maximum Gasteiger partial charge on any atom is 0.515 e. The molecule has 4 heteroatoms. The molecule has 0 aliphatic carbocycles. The smallest absolute Gasteiger partial charge is 0.437 e. The predicted molar refractivity (Wildman–Crippen MR) is 38.0 cm³/mol. The number of esters is 1. The molecule has 11 heavy (non-hydrogen) atoms. The second-order valence-corrected chi connectivity index (χ2v) is 2.03. The number of ether oxygens (including phenoxy) is 2. The maximum absolute atomic E-state index is 10.6. The van der Waals surface area contributed by atoms with Crippen LogP contribution < -0.4 is 0 Å². The Hall–Kier alpha value is -1.06. The topological polar surface area (TPSA) is 52.6 Å². The molecule has 0 radical (unpaired) electrons. The zero-order chi connectivity index (χ0) is 8.69. The van der Waals surface area contributed by atoms with Crippen LogP contribution >= 0.6 is 0 Å². The Bertz CT molecular complexity index is 141. The van der Waals surface area contributed by atoms with Crippen LogP contribution in [0.2, 0.25) is 0 Å². The number of carbonyl (C=O) groups is 2. The van der Waals surface area contributed by atoms with Gasteiger partial charge in [0.25, 0.3) is 0 Å². The molecule has 0 fully saturated rings. The van der Waals surface area contributed by atoms with Gasteiger partial charge in [-0.25, -0.2) is 4.79 Å². The van der Waals surface area contributed by atoms with Crippen molar-refractivity contribution < 1.29 is 19.1 Å². The summed E-state index contributed by atoms with van der Waals surface area (Å²) in [6.07, 6.45) is 0.962. The molecule has 0 rings (SSSR count). The van der Waals surface area contributed by atoms with E-state index >= 15 is 0 Å². The Balaban J connectivity index is 3.44. The van der Waals surface area contributed by atoms with Crippen LogP contribution in [0.1, 0.15) is 26.2 Å². The highest BCUT2D eigenvalue weighted by Crippen LogP contribution is 1.97. The van der Waals surface area contributed by atoms with Crippen molar-refractivity contribution in [3.63, 3.8) is 0 Å². The van der Waals surface area contributed by atoms with E-state index in [1.807, 2.05) is 6.92 Å². The molecule has 0 aromatic rings. The first-order valence-corrected chi connectivity index (χ1v) is 3.49. The van der Waals surface area contributed by atoms with Gasteiger partial charge in [0, 0.05) is 6.42 Å². The highest BCUT2D eigenvalue weighted by Gasteiger charge is 2.08. The molecule has 0 N–H and O–H groups in total. The summed E-state index contributed by atoms with van der Waals surface area (Å²) in [6.45, 7) is 1.95. The lowest BCUT2D eigenvalue weighted by Gasteiger charge is -1.98. The average Bonchev–Trinajstić information content (AvgIpc) is 2.00. The van der Waals surface area contributed by atoms with Crippen molar-refractivity contribution in [2.24, 2.45) is 0 Å². The van der Waals surface area contributed by atoms with Crippen molar-refractivity contribution >= 4 is 12.1 Å². The third-order valence-corrected chi connectivity index (χ3v) is 1.10. The highest BCUT2D eigenvalue weighted by atomic mass is 16.7. The van der Waals surface area contributed by atoms with E-state index in [2.05, 4.69) is 9.47 Å². The first-order valence-electron chi connectivity index (χ1n) is 3.49. The van der Waals surface area contributed by atoms with Gasteiger partial charge in [-0.2, -0.15) is 0 Å². The van der Waals surface area contributed by atoms with E-state index in [1.165, 1.54) is 0 Å². The summed E-state index contributed by atoms with van der Waals surface area (Å²) in [5.74, 6) is -0.529. The predicted octanol–water partition coefficient (Wildman–Crippen LogP) is 1.49. The number of unbranched alkanes of at least 4 members (excludes halogenated alkanes) is 1. The first kappa shape index (κ1) is 9.94. The molecule has 0 aromatic heterocycles. The van der Waals surface area contributed by atoms with Gasteiger partial charge in [-0.05, 0) is 6.42 Å². The molecule has 0 saturated carbocycles. The zero-order valence-corrected chi connectivity index (χ0v) is 6.75. The van der Waals surface area contributed by atoms with E-state index in [9.17, 15) is 9.59 Å². The van der Waals surface area contributed by atoms with Gasteiger partial charge in [-0.15, -0.1) is 0 Å². The summed E-state index contributed by atoms with van der Waals surface area (Å²) in [7, 11) is 1.16. The van der Waals surface area contributed by atoms with Gasteiger partial charge in [0.05, 0.1) is 7.11 Å². The fraction of sp³-hybridized carbons (Fsp3) is 0.714. The standard InChI is InChI=1S/C7H12O4/c1-3-4-5-6(8)11-7(9)10-2/h3-5H2,1-2H3. The number of hydrogen-bond acceptors (Lipinski definition) is 4. The van der Waals surface area contributed by atoms with Crippen LogP contribution in [0.15, 0.2) is 0 Å². The quantitative estimate of drug-likeness (QED) is 0.463. The van der Waals surface area contributed by atoms with Crippen molar-refractivity contribution in [3.8, 4) is 0 Å². The lowest BCUT2D eigenvalue weighted by Crippen LogP contribution is -2.11. The van der Waals surface area contributed by atoms with Gasteiger partial charge in [0.2, 0.25) is 0 Å². The van der Waals surface area contributed by atoms with Gasteiger partial charge in [0.15, 0.2) is 0 Å². The molecule has 0 spiro atoms. The Labute approximate surface area is 65.5 Å². The van der Waals surface area contributed by atoms with Crippen LogP contribution in [-0.2, 0) is 14.3 Å². The molecule has 0 heterocycles. The van der Waals surface area contributed by atoms with Gasteiger partial charge in [0.1, 0.15) is 0 Å². The molecule has 0 bridgehead atoms. The minimum Gasteiger partial charge on any atom is -0.437 e. The Morgan fingerprint density at radius 3 is 2.45 bits per heavy atom. The van der Waals surface area contributed by atoms with Crippen LogP contribution in [0.3, 0.4) is 0 Å². The van der Waals surface area contributed by atoms with Gasteiger partial charge in [-0.3, -0.25) is 4.79 Å². The summed E-state index contributed by atoms with van der Waals surface area (Å²) >= 11 is 0. The molecule has 0 unspecified atom stereocenters. The van der Waals surface area contributed by atoms with E-state index in [0.717, 1.165) is 20.0 Å². The molecule has 0 aliphatic rings. The van der Waals surface area contributed by atoms with Gasteiger partial charge >= 0.3 is 12.1 Å². The third kappa shape index (κ3) is 5.39. The van der Waals surface area contributed by atoms with Gasteiger partial charge < -0.3 is 9.47 Å². The van der Waals surface area contributed by atoms with Crippen LogP contribution in [0.4, 0.5) is 4.79 Å². The SMILES string of the molecule is CCCCC(=O)OC(=O)OC. The summed E-state index contributed by atoms with van der Waals surface area (Å²) in [5.41, 5.74) is 0. The van der Waals surface area contributed by atoms with E-state index < -0.39 is 12.1 Å². The minimum atomic E-state index is -0.939. The van der Waals surface area contributed by atoms with Crippen molar-refractivity contribution in [1.82, 2.24) is 0 Å². The molecular weight excluding hydrogens is 148 g/mol. The summed E-state index contributed by atoms with van der Waals surface area (Å²) in [4.78, 5) is 21.0. The summed E-state index contributed by atoms with van der Waals surface area (Å²) < 4.78 is 8.32. The molecule has 4 nitrogen and oxygen atoms in total. The summed E-state index contributed by atoms with van der Waals surface area (Å²) in [6, 6.07) is 0. The molecule has 0 amide bonds. The van der Waals surface area contributed by atoms with Crippen molar-refractivity contribution in [3.05, 3.63) is 0 Å². The molecule has 0 aromatic carbocycles. The second-order valence-electron chi connectivity index (χ2n) is 2.03. The first-order chi connectivity index (χ1) is 5.20. The fourth-order valence-electron chi connectivity index (χ4n) is 0.507. The number of methoxy groups -OCH3 is 1. The van der Waals surface area contributed by atoms with Crippen molar-refractivity contribution in [2.75, 3.05) is 7.11 Å². The van der Waals surface area contributed by atoms with E-state index in [-0.39, 0.29) is 6.42 Å². The molecule has 0 saturated heterocycles. The van der Waals surface area contributed by atoms with Crippen molar-refractivity contribution in [2.45, 2.75) is 26.2 Å². The van der Waals surface area contributed by atoms with Crippen LogP contribution in [-0.4, -0.2) is 19.2 Å². The highest BCUT2D eigenvalue weighted by molar-refractivity contribution is 5.81. The monoisotopic (exact) mass is 160 g/mol. The lowest BCUT2D eigenvalue weighted by molar-refractivity contribution is -0.139. The van der Waals surface area contributed by atoms with Crippen LogP contribution in [0.25, 0.3) is 0 Å².